The van der Waals surface area contributed by atoms with Gasteiger partial charge < -0.3 is 5.32 Å². The van der Waals surface area contributed by atoms with Crippen LogP contribution in [0, 0.1) is 0 Å². The van der Waals surface area contributed by atoms with E-state index in [1.807, 2.05) is 30.3 Å². The molecular formula is C16H15BrCl3N. The van der Waals surface area contributed by atoms with Gasteiger partial charge in [-0.25, -0.2) is 0 Å². The second-order valence-corrected chi connectivity index (χ2v) is 6.80. The zero-order chi connectivity index (χ0) is 15.4. The average Bonchev–Trinajstić information content (AvgIpc) is 2.44. The molecule has 21 heavy (non-hydrogen) atoms. The van der Waals surface area contributed by atoms with E-state index in [0.29, 0.717) is 10.0 Å². The van der Waals surface area contributed by atoms with Crippen molar-refractivity contribution in [2.24, 2.45) is 0 Å². The van der Waals surface area contributed by atoms with Crippen molar-refractivity contribution >= 4 is 50.7 Å². The normalized spacial score (nSPS) is 12.4. The molecule has 2 aromatic carbocycles. The molecule has 1 N–H and O–H groups in total. The quantitative estimate of drug-likeness (QED) is 0.613. The third kappa shape index (κ3) is 4.37. The minimum absolute atomic E-state index is 0.0693. The Hall–Kier alpha value is -0.250. The highest BCUT2D eigenvalue weighted by Crippen LogP contribution is 2.33. The van der Waals surface area contributed by atoms with Gasteiger partial charge in [0.15, 0.2) is 0 Å². The molecule has 112 valence electrons. The molecule has 0 aliphatic heterocycles. The first-order chi connectivity index (χ1) is 10.0. The van der Waals surface area contributed by atoms with Crippen molar-refractivity contribution < 1.29 is 0 Å². The van der Waals surface area contributed by atoms with Gasteiger partial charge in [-0.05, 0) is 42.3 Å². The lowest BCUT2D eigenvalue weighted by atomic mass is 9.98. The Morgan fingerprint density at radius 2 is 1.86 bits per heavy atom. The molecule has 0 bridgehead atoms. The highest BCUT2D eigenvalue weighted by Gasteiger charge is 2.17. The number of halogens is 4. The van der Waals surface area contributed by atoms with Gasteiger partial charge in [-0.3, -0.25) is 0 Å². The van der Waals surface area contributed by atoms with Crippen molar-refractivity contribution in [2.45, 2.75) is 19.4 Å². The monoisotopic (exact) mass is 405 g/mol. The summed E-state index contributed by atoms with van der Waals surface area (Å²) in [5, 5.41) is 5.35. The van der Waals surface area contributed by atoms with Crippen LogP contribution in [0.4, 0.5) is 0 Å². The fourth-order valence-corrected chi connectivity index (χ4v) is 3.43. The summed E-state index contributed by atoms with van der Waals surface area (Å²) in [7, 11) is 0. The van der Waals surface area contributed by atoms with Crippen molar-refractivity contribution in [3.63, 3.8) is 0 Å². The lowest BCUT2D eigenvalue weighted by Crippen LogP contribution is -2.23. The molecule has 0 spiro atoms. The first kappa shape index (κ1) is 17.1. The number of rotatable bonds is 5. The molecule has 0 fully saturated rings. The Morgan fingerprint density at radius 3 is 2.52 bits per heavy atom. The van der Waals surface area contributed by atoms with Crippen molar-refractivity contribution in [3.05, 3.63) is 67.1 Å². The van der Waals surface area contributed by atoms with E-state index < -0.39 is 0 Å². The molecule has 0 aliphatic carbocycles. The molecule has 1 atom stereocenters. The molecule has 1 nitrogen and oxygen atoms in total. The molecule has 2 aromatic rings. The lowest BCUT2D eigenvalue weighted by Gasteiger charge is -2.21. The summed E-state index contributed by atoms with van der Waals surface area (Å²) in [5.74, 6) is 0. The van der Waals surface area contributed by atoms with Gasteiger partial charge in [-0.2, -0.15) is 0 Å². The van der Waals surface area contributed by atoms with E-state index in [2.05, 4.69) is 28.2 Å². The topological polar surface area (TPSA) is 12.0 Å². The molecule has 1 unspecified atom stereocenters. The number of hydrogen-bond acceptors (Lipinski definition) is 1. The van der Waals surface area contributed by atoms with E-state index >= 15 is 0 Å². The Kier molecular flexibility index (Phi) is 6.39. The van der Waals surface area contributed by atoms with Crippen LogP contribution in [0.1, 0.15) is 24.1 Å². The predicted molar refractivity (Wildman–Crippen MR) is 95.7 cm³/mol. The largest absolute Gasteiger partial charge is 0.310 e. The number of likely N-dealkylation sites (N-methyl/N-ethyl adjacent to an activating group) is 1. The van der Waals surface area contributed by atoms with E-state index in [4.69, 9.17) is 34.8 Å². The summed E-state index contributed by atoms with van der Waals surface area (Å²) in [6.45, 7) is 2.90. The van der Waals surface area contributed by atoms with Gasteiger partial charge in [-0.1, -0.05) is 75.9 Å². The minimum Gasteiger partial charge on any atom is -0.310 e. The molecule has 0 amide bonds. The summed E-state index contributed by atoms with van der Waals surface area (Å²) < 4.78 is 0.969. The van der Waals surface area contributed by atoms with Crippen LogP contribution >= 0.6 is 50.7 Å². The Balaban J connectivity index is 2.33. The van der Waals surface area contributed by atoms with Gasteiger partial charge in [0.25, 0.3) is 0 Å². The maximum atomic E-state index is 6.34. The van der Waals surface area contributed by atoms with Crippen LogP contribution in [0.15, 0.2) is 40.9 Å². The number of nitrogens with one attached hydrogen (secondary N) is 1. The van der Waals surface area contributed by atoms with Gasteiger partial charge in [0.2, 0.25) is 0 Å². The second kappa shape index (κ2) is 7.85. The molecular weight excluding hydrogens is 392 g/mol. The second-order valence-electron chi connectivity index (χ2n) is 4.69. The summed E-state index contributed by atoms with van der Waals surface area (Å²) in [6, 6.07) is 11.7. The van der Waals surface area contributed by atoms with Gasteiger partial charge in [0.1, 0.15) is 0 Å². The molecule has 0 aromatic heterocycles. The fraction of sp³-hybridized carbons (Fsp3) is 0.250. The predicted octanol–water partition coefficient (Wildman–Crippen LogP) is 6.30. The van der Waals surface area contributed by atoms with Crippen LogP contribution in [-0.4, -0.2) is 6.54 Å². The molecule has 5 heteroatoms. The van der Waals surface area contributed by atoms with Gasteiger partial charge in [-0.15, -0.1) is 0 Å². The minimum atomic E-state index is 0.0693. The third-order valence-electron chi connectivity index (χ3n) is 3.25. The van der Waals surface area contributed by atoms with Crippen LogP contribution in [0.2, 0.25) is 15.1 Å². The highest BCUT2D eigenvalue weighted by molar-refractivity contribution is 9.10. The van der Waals surface area contributed by atoms with Crippen molar-refractivity contribution in [1.29, 1.82) is 0 Å². The maximum Gasteiger partial charge on any atom is 0.0640 e. The average molecular weight is 408 g/mol. The summed E-state index contributed by atoms with van der Waals surface area (Å²) in [5.41, 5.74) is 2.06. The first-order valence-electron chi connectivity index (χ1n) is 6.64. The van der Waals surface area contributed by atoms with Crippen LogP contribution in [-0.2, 0) is 6.42 Å². The van der Waals surface area contributed by atoms with Crippen molar-refractivity contribution in [3.8, 4) is 0 Å². The van der Waals surface area contributed by atoms with Crippen LogP contribution in [0.5, 0.6) is 0 Å². The van der Waals surface area contributed by atoms with E-state index in [1.54, 1.807) is 6.07 Å². The highest BCUT2D eigenvalue weighted by atomic mass is 79.9. The van der Waals surface area contributed by atoms with Crippen molar-refractivity contribution in [2.75, 3.05) is 6.54 Å². The number of hydrogen-bond donors (Lipinski definition) is 1. The summed E-state index contributed by atoms with van der Waals surface area (Å²) in [6.07, 6.45) is 0.750. The molecule has 0 radical (unpaired) electrons. The van der Waals surface area contributed by atoms with Crippen LogP contribution in [0.25, 0.3) is 0 Å². The van der Waals surface area contributed by atoms with E-state index in [9.17, 15) is 0 Å². The molecule has 0 saturated carbocycles. The van der Waals surface area contributed by atoms with E-state index in [0.717, 1.165) is 33.6 Å². The Morgan fingerprint density at radius 1 is 1.10 bits per heavy atom. The number of benzene rings is 2. The molecule has 0 aliphatic rings. The van der Waals surface area contributed by atoms with Crippen molar-refractivity contribution in [1.82, 2.24) is 5.32 Å². The van der Waals surface area contributed by atoms with Gasteiger partial charge >= 0.3 is 0 Å². The van der Waals surface area contributed by atoms with E-state index in [1.165, 1.54) is 0 Å². The Bertz CT molecular complexity index is 631. The molecule has 0 heterocycles. The molecule has 2 rings (SSSR count). The van der Waals surface area contributed by atoms with Gasteiger partial charge in [0.05, 0.1) is 10.0 Å². The zero-order valence-corrected chi connectivity index (χ0v) is 15.3. The SMILES string of the molecule is CCNC(Cc1ccc(Br)cc1Cl)c1cccc(Cl)c1Cl. The van der Waals surface area contributed by atoms with Crippen LogP contribution < -0.4 is 5.32 Å². The standard InChI is InChI=1S/C16H15BrCl3N/c1-2-21-15(12-4-3-5-13(18)16(12)20)8-10-6-7-11(17)9-14(10)19/h3-7,9,15,21H,2,8H2,1H3. The van der Waals surface area contributed by atoms with Gasteiger partial charge in [0, 0.05) is 15.5 Å². The smallest absolute Gasteiger partial charge is 0.0640 e. The zero-order valence-electron chi connectivity index (χ0n) is 11.5. The summed E-state index contributed by atoms with van der Waals surface area (Å²) >= 11 is 22.2. The fourth-order valence-electron chi connectivity index (χ4n) is 2.24. The third-order valence-corrected chi connectivity index (χ3v) is 4.93. The van der Waals surface area contributed by atoms with Crippen LogP contribution in [0.3, 0.4) is 0 Å². The molecule has 0 saturated heterocycles. The lowest BCUT2D eigenvalue weighted by molar-refractivity contribution is 0.550. The van der Waals surface area contributed by atoms with E-state index in [-0.39, 0.29) is 6.04 Å². The first-order valence-corrected chi connectivity index (χ1v) is 8.56. The summed E-state index contributed by atoms with van der Waals surface area (Å²) in [4.78, 5) is 0. The Labute approximate surface area is 148 Å². The maximum absolute atomic E-state index is 6.34.